The molecule has 25 heavy (non-hydrogen) atoms. The Morgan fingerprint density at radius 2 is 1.64 bits per heavy atom. The standard InChI is InChI=1S/C21H28N2S.HI/c1-3-5-12-18(4-2)17-24-21(22-19-13-8-6-9-14-19)23-20-15-10-7-11-16-20;/h6-11,13-16,18H,3-5,12,17H2,1-2H3,(H,22,23);1H. The number of unbranched alkanes of at least 4 members (excludes halogenated alkanes) is 1. The predicted molar refractivity (Wildman–Crippen MR) is 125 cm³/mol. The first-order valence-corrected chi connectivity index (χ1v) is 9.89. The van der Waals surface area contributed by atoms with Gasteiger partial charge in [0.05, 0.1) is 5.69 Å². The molecule has 136 valence electrons. The minimum Gasteiger partial charge on any atom is -0.335 e. The first kappa shape index (κ1) is 22.0. The summed E-state index contributed by atoms with van der Waals surface area (Å²) in [6, 6.07) is 20.4. The van der Waals surface area contributed by atoms with Crippen LogP contribution in [0.1, 0.15) is 39.5 Å². The molecule has 0 heterocycles. The molecule has 0 aliphatic carbocycles. The molecule has 2 aromatic carbocycles. The van der Waals surface area contributed by atoms with Crippen LogP contribution in [0.2, 0.25) is 0 Å². The lowest BCUT2D eigenvalue weighted by Gasteiger charge is -2.16. The average molecular weight is 468 g/mol. The third kappa shape index (κ3) is 8.77. The number of hydrogen-bond acceptors (Lipinski definition) is 2. The molecule has 0 radical (unpaired) electrons. The van der Waals surface area contributed by atoms with Gasteiger partial charge in [0, 0.05) is 11.4 Å². The summed E-state index contributed by atoms with van der Waals surface area (Å²) in [5.41, 5.74) is 2.08. The van der Waals surface area contributed by atoms with Crippen LogP contribution in [-0.2, 0) is 0 Å². The number of thioether (sulfide) groups is 1. The van der Waals surface area contributed by atoms with Crippen molar-refractivity contribution in [2.45, 2.75) is 39.5 Å². The van der Waals surface area contributed by atoms with Gasteiger partial charge in [-0.3, -0.25) is 0 Å². The van der Waals surface area contributed by atoms with E-state index in [0.29, 0.717) is 0 Å². The largest absolute Gasteiger partial charge is 0.335 e. The second-order valence-corrected chi connectivity index (χ2v) is 6.98. The van der Waals surface area contributed by atoms with E-state index in [1.165, 1.54) is 25.7 Å². The number of rotatable bonds is 8. The van der Waals surface area contributed by atoms with Gasteiger partial charge in [0.1, 0.15) is 0 Å². The van der Waals surface area contributed by atoms with Crippen LogP contribution in [-0.4, -0.2) is 10.9 Å². The highest BCUT2D eigenvalue weighted by molar-refractivity contribution is 14.0. The van der Waals surface area contributed by atoms with Crippen LogP contribution in [0.5, 0.6) is 0 Å². The summed E-state index contributed by atoms with van der Waals surface area (Å²) in [6.07, 6.45) is 5.13. The van der Waals surface area contributed by atoms with Crippen molar-refractivity contribution in [3.05, 3.63) is 60.7 Å². The van der Waals surface area contributed by atoms with E-state index in [9.17, 15) is 0 Å². The third-order valence-electron chi connectivity index (χ3n) is 4.01. The van der Waals surface area contributed by atoms with Crippen molar-refractivity contribution in [3.8, 4) is 0 Å². The Morgan fingerprint density at radius 3 is 2.24 bits per heavy atom. The highest BCUT2D eigenvalue weighted by Gasteiger charge is 2.09. The maximum Gasteiger partial charge on any atom is 0.166 e. The first-order valence-electron chi connectivity index (χ1n) is 8.90. The van der Waals surface area contributed by atoms with Crippen molar-refractivity contribution >= 4 is 52.3 Å². The molecule has 0 amide bonds. The lowest BCUT2D eigenvalue weighted by molar-refractivity contribution is 0.500. The average Bonchev–Trinajstić information content (AvgIpc) is 2.63. The normalized spacial score (nSPS) is 12.3. The Morgan fingerprint density at radius 1 is 1.00 bits per heavy atom. The monoisotopic (exact) mass is 468 g/mol. The summed E-state index contributed by atoms with van der Waals surface area (Å²) in [6.45, 7) is 4.55. The molecule has 1 atom stereocenters. The van der Waals surface area contributed by atoms with Gasteiger partial charge >= 0.3 is 0 Å². The SMILES string of the molecule is CCCCC(CC)CSC(=Nc1ccccc1)Nc1ccccc1.I. The topological polar surface area (TPSA) is 24.4 Å². The van der Waals surface area contributed by atoms with Gasteiger partial charge in [0.15, 0.2) is 5.17 Å². The molecule has 4 heteroatoms. The molecule has 0 bridgehead atoms. The molecule has 0 aliphatic rings. The van der Waals surface area contributed by atoms with Gasteiger partial charge < -0.3 is 5.32 Å². The number of amidine groups is 1. The summed E-state index contributed by atoms with van der Waals surface area (Å²) >= 11 is 1.83. The van der Waals surface area contributed by atoms with Gasteiger partial charge in [-0.05, 0) is 36.6 Å². The quantitative estimate of drug-likeness (QED) is 0.249. The Labute approximate surface area is 173 Å². The molecular weight excluding hydrogens is 439 g/mol. The van der Waals surface area contributed by atoms with E-state index < -0.39 is 0 Å². The van der Waals surface area contributed by atoms with Gasteiger partial charge in [-0.2, -0.15) is 0 Å². The zero-order chi connectivity index (χ0) is 17.0. The van der Waals surface area contributed by atoms with Crippen LogP contribution < -0.4 is 5.32 Å². The number of nitrogens with zero attached hydrogens (tertiary/aromatic N) is 1. The van der Waals surface area contributed by atoms with Crippen LogP contribution in [0, 0.1) is 5.92 Å². The van der Waals surface area contributed by atoms with E-state index in [1.54, 1.807) is 0 Å². The van der Waals surface area contributed by atoms with E-state index in [4.69, 9.17) is 4.99 Å². The minimum absolute atomic E-state index is 0. The summed E-state index contributed by atoms with van der Waals surface area (Å²) in [4.78, 5) is 4.81. The van der Waals surface area contributed by atoms with Crippen LogP contribution in [0.15, 0.2) is 65.7 Å². The fraction of sp³-hybridized carbons (Fsp3) is 0.381. The van der Waals surface area contributed by atoms with Crippen LogP contribution in [0.4, 0.5) is 11.4 Å². The number of anilines is 1. The maximum absolute atomic E-state index is 4.81. The lowest BCUT2D eigenvalue weighted by Crippen LogP contribution is -2.12. The molecule has 2 nitrogen and oxygen atoms in total. The molecule has 2 aromatic rings. The third-order valence-corrected chi connectivity index (χ3v) is 5.12. The molecule has 2 rings (SSSR count). The Bertz CT molecular complexity index is 602. The van der Waals surface area contributed by atoms with E-state index >= 15 is 0 Å². The number of benzene rings is 2. The number of halogens is 1. The van der Waals surface area contributed by atoms with Gasteiger partial charge in [0.25, 0.3) is 0 Å². The Kier molecular flexibility index (Phi) is 11.7. The minimum atomic E-state index is 0. The first-order chi connectivity index (χ1) is 11.8. The molecule has 0 spiro atoms. The van der Waals surface area contributed by atoms with Gasteiger partial charge in [0.2, 0.25) is 0 Å². The molecule has 0 fully saturated rings. The van der Waals surface area contributed by atoms with Gasteiger partial charge in [-0.25, -0.2) is 4.99 Å². The smallest absolute Gasteiger partial charge is 0.166 e. The zero-order valence-electron chi connectivity index (χ0n) is 15.2. The molecule has 1 N–H and O–H groups in total. The summed E-state index contributed by atoms with van der Waals surface area (Å²) in [5, 5.41) is 4.45. The second kappa shape index (κ2) is 13.2. The Balaban J connectivity index is 0.00000312. The molecule has 0 saturated heterocycles. The fourth-order valence-electron chi connectivity index (χ4n) is 2.46. The van der Waals surface area contributed by atoms with Crippen molar-refractivity contribution in [1.29, 1.82) is 0 Å². The van der Waals surface area contributed by atoms with E-state index in [0.717, 1.165) is 28.2 Å². The van der Waals surface area contributed by atoms with Crippen molar-refractivity contribution in [1.82, 2.24) is 0 Å². The lowest BCUT2D eigenvalue weighted by atomic mass is 10.0. The van der Waals surface area contributed by atoms with Crippen LogP contribution in [0.25, 0.3) is 0 Å². The van der Waals surface area contributed by atoms with E-state index in [-0.39, 0.29) is 24.0 Å². The van der Waals surface area contributed by atoms with Crippen molar-refractivity contribution in [3.63, 3.8) is 0 Å². The molecule has 0 aliphatic heterocycles. The summed E-state index contributed by atoms with van der Waals surface area (Å²) in [7, 11) is 0. The highest BCUT2D eigenvalue weighted by atomic mass is 127. The summed E-state index contributed by atoms with van der Waals surface area (Å²) in [5.74, 6) is 1.87. The van der Waals surface area contributed by atoms with Crippen molar-refractivity contribution in [2.24, 2.45) is 10.9 Å². The molecular formula is C21H29IN2S. The van der Waals surface area contributed by atoms with Gasteiger partial charge in [-0.1, -0.05) is 81.3 Å². The molecule has 1 unspecified atom stereocenters. The van der Waals surface area contributed by atoms with Crippen LogP contribution >= 0.6 is 35.7 Å². The van der Waals surface area contributed by atoms with Gasteiger partial charge in [-0.15, -0.1) is 24.0 Å². The predicted octanol–water partition coefficient (Wildman–Crippen LogP) is 7.35. The second-order valence-electron chi connectivity index (χ2n) is 5.97. The van der Waals surface area contributed by atoms with Crippen molar-refractivity contribution in [2.75, 3.05) is 11.1 Å². The van der Waals surface area contributed by atoms with E-state index in [2.05, 4.69) is 31.3 Å². The zero-order valence-corrected chi connectivity index (χ0v) is 18.3. The number of hydrogen-bond donors (Lipinski definition) is 1. The maximum atomic E-state index is 4.81. The highest BCUT2D eigenvalue weighted by Crippen LogP contribution is 2.23. The number of nitrogens with one attached hydrogen (secondary N) is 1. The fourth-order valence-corrected chi connectivity index (χ4v) is 3.61. The van der Waals surface area contributed by atoms with Crippen LogP contribution in [0.3, 0.4) is 0 Å². The van der Waals surface area contributed by atoms with Crippen molar-refractivity contribution < 1.29 is 0 Å². The van der Waals surface area contributed by atoms with E-state index in [1.807, 2.05) is 60.3 Å². The molecule has 0 saturated carbocycles. The number of aliphatic imine (C=N–C) groups is 1. The molecule has 0 aromatic heterocycles. The Hall–Kier alpha value is -1.01. The number of para-hydroxylation sites is 2. The summed E-state index contributed by atoms with van der Waals surface area (Å²) < 4.78 is 0.